The minimum absolute atomic E-state index is 0.0193. The molecule has 1 heterocycles. The third-order valence-corrected chi connectivity index (χ3v) is 3.75. The van der Waals surface area contributed by atoms with Crippen LogP contribution in [-0.2, 0) is 9.59 Å². The standard InChI is InChI=1S/C14H15NO5/c1-7-8(2)11(4-3-10(7)14(19)20)15-6-9(13(17)18)5-12(15)16/h3-4,9H,5-6H2,1-2H3,(H,17,18)(H,19,20). The minimum atomic E-state index is -1.02. The first-order valence-corrected chi connectivity index (χ1v) is 6.19. The molecule has 1 fully saturated rings. The number of carboxylic acid groups (broad SMARTS) is 2. The summed E-state index contributed by atoms with van der Waals surface area (Å²) in [6.45, 7) is 3.54. The van der Waals surface area contributed by atoms with E-state index >= 15 is 0 Å². The van der Waals surface area contributed by atoms with Crippen molar-refractivity contribution in [3.63, 3.8) is 0 Å². The fourth-order valence-electron chi connectivity index (χ4n) is 2.44. The van der Waals surface area contributed by atoms with Gasteiger partial charge in [0.1, 0.15) is 0 Å². The molecule has 0 bridgehead atoms. The zero-order valence-corrected chi connectivity index (χ0v) is 11.2. The predicted octanol–water partition coefficient (Wildman–Crippen LogP) is 1.44. The topological polar surface area (TPSA) is 94.9 Å². The highest BCUT2D eigenvalue weighted by Crippen LogP contribution is 2.31. The Morgan fingerprint density at radius 1 is 1.20 bits per heavy atom. The number of carbonyl (C=O) groups is 3. The summed E-state index contributed by atoms with van der Waals surface area (Å²) in [6.07, 6.45) is -0.0193. The van der Waals surface area contributed by atoms with Gasteiger partial charge in [0.25, 0.3) is 0 Å². The number of hydrogen-bond acceptors (Lipinski definition) is 3. The van der Waals surface area contributed by atoms with Crippen LogP contribution in [-0.4, -0.2) is 34.6 Å². The Bertz CT molecular complexity index is 608. The van der Waals surface area contributed by atoms with Crippen molar-refractivity contribution < 1.29 is 24.6 Å². The molecular weight excluding hydrogens is 262 g/mol. The predicted molar refractivity (Wildman–Crippen MR) is 71.0 cm³/mol. The molecule has 1 amide bonds. The van der Waals surface area contributed by atoms with Crippen molar-refractivity contribution >= 4 is 23.5 Å². The van der Waals surface area contributed by atoms with Gasteiger partial charge in [-0.3, -0.25) is 9.59 Å². The first-order valence-electron chi connectivity index (χ1n) is 6.19. The lowest BCUT2D eigenvalue weighted by Gasteiger charge is -2.20. The Balaban J connectivity index is 2.40. The maximum absolute atomic E-state index is 11.9. The normalized spacial score (nSPS) is 18.4. The minimum Gasteiger partial charge on any atom is -0.481 e. The van der Waals surface area contributed by atoms with Gasteiger partial charge >= 0.3 is 11.9 Å². The molecule has 1 aliphatic rings. The molecule has 1 aromatic rings. The van der Waals surface area contributed by atoms with Crippen molar-refractivity contribution in [2.24, 2.45) is 5.92 Å². The van der Waals surface area contributed by atoms with Gasteiger partial charge in [-0.15, -0.1) is 0 Å². The molecule has 20 heavy (non-hydrogen) atoms. The first-order chi connectivity index (χ1) is 9.32. The van der Waals surface area contributed by atoms with Crippen LogP contribution >= 0.6 is 0 Å². The van der Waals surface area contributed by atoms with E-state index < -0.39 is 17.9 Å². The number of anilines is 1. The molecule has 6 heteroatoms. The molecule has 1 aliphatic heterocycles. The molecule has 1 aromatic carbocycles. The quantitative estimate of drug-likeness (QED) is 0.871. The van der Waals surface area contributed by atoms with Gasteiger partial charge in [-0.25, -0.2) is 4.79 Å². The molecule has 0 saturated carbocycles. The summed E-state index contributed by atoms with van der Waals surface area (Å²) >= 11 is 0. The number of carbonyl (C=O) groups excluding carboxylic acids is 1. The lowest BCUT2D eigenvalue weighted by molar-refractivity contribution is -0.141. The lowest BCUT2D eigenvalue weighted by Crippen LogP contribution is -2.27. The van der Waals surface area contributed by atoms with Crippen molar-refractivity contribution in [3.05, 3.63) is 28.8 Å². The van der Waals surface area contributed by atoms with Gasteiger partial charge in [-0.2, -0.15) is 0 Å². The highest BCUT2D eigenvalue weighted by Gasteiger charge is 2.35. The Labute approximate surface area is 115 Å². The van der Waals surface area contributed by atoms with E-state index in [4.69, 9.17) is 10.2 Å². The van der Waals surface area contributed by atoms with E-state index in [1.54, 1.807) is 19.9 Å². The number of benzene rings is 1. The highest BCUT2D eigenvalue weighted by atomic mass is 16.4. The van der Waals surface area contributed by atoms with Crippen LogP contribution in [0.4, 0.5) is 5.69 Å². The van der Waals surface area contributed by atoms with Gasteiger partial charge in [0, 0.05) is 18.7 Å². The molecule has 1 unspecified atom stereocenters. The number of rotatable bonds is 3. The molecule has 1 saturated heterocycles. The number of carboxylic acids is 2. The molecule has 6 nitrogen and oxygen atoms in total. The molecule has 1 atom stereocenters. The largest absolute Gasteiger partial charge is 0.481 e. The van der Waals surface area contributed by atoms with Crippen LogP contribution < -0.4 is 4.90 Å². The molecule has 2 N–H and O–H groups in total. The van der Waals surface area contributed by atoms with Gasteiger partial charge in [-0.1, -0.05) is 0 Å². The fourth-order valence-corrected chi connectivity index (χ4v) is 2.44. The smallest absolute Gasteiger partial charge is 0.335 e. The average molecular weight is 277 g/mol. The maximum Gasteiger partial charge on any atom is 0.335 e. The molecule has 106 valence electrons. The van der Waals surface area contributed by atoms with Crippen molar-refractivity contribution in [1.82, 2.24) is 0 Å². The number of amides is 1. The second-order valence-electron chi connectivity index (χ2n) is 4.93. The Morgan fingerprint density at radius 3 is 2.35 bits per heavy atom. The van der Waals surface area contributed by atoms with Gasteiger partial charge < -0.3 is 15.1 Å². The Kier molecular flexibility index (Phi) is 3.48. The van der Waals surface area contributed by atoms with Crippen molar-refractivity contribution in [2.45, 2.75) is 20.3 Å². The third kappa shape index (κ3) is 2.24. The summed E-state index contributed by atoms with van der Waals surface area (Å²) in [7, 11) is 0. The first kappa shape index (κ1) is 14.0. The van der Waals surface area contributed by atoms with Gasteiger partial charge in [0.05, 0.1) is 11.5 Å². The molecule has 2 rings (SSSR count). The summed E-state index contributed by atoms with van der Waals surface area (Å²) < 4.78 is 0. The summed E-state index contributed by atoms with van der Waals surface area (Å²) in [5.74, 6) is -2.96. The zero-order chi connectivity index (χ0) is 15.0. The Morgan fingerprint density at radius 2 is 1.85 bits per heavy atom. The van der Waals surface area contributed by atoms with E-state index in [0.29, 0.717) is 16.8 Å². The van der Waals surface area contributed by atoms with Crippen LogP contribution in [0.3, 0.4) is 0 Å². The second-order valence-corrected chi connectivity index (χ2v) is 4.93. The van der Waals surface area contributed by atoms with E-state index in [0.717, 1.165) is 0 Å². The second kappa shape index (κ2) is 4.96. The average Bonchev–Trinajstić information content (AvgIpc) is 2.74. The summed E-state index contributed by atoms with van der Waals surface area (Å²) in [5.41, 5.74) is 2.04. The van der Waals surface area contributed by atoms with Gasteiger partial charge in [-0.05, 0) is 37.1 Å². The number of hydrogen-bond donors (Lipinski definition) is 2. The van der Waals surface area contributed by atoms with Crippen molar-refractivity contribution in [3.8, 4) is 0 Å². The van der Waals surface area contributed by atoms with Crippen LogP contribution in [0.1, 0.15) is 27.9 Å². The van der Waals surface area contributed by atoms with Crippen molar-refractivity contribution in [2.75, 3.05) is 11.4 Å². The van der Waals surface area contributed by atoms with Crippen molar-refractivity contribution in [1.29, 1.82) is 0 Å². The van der Waals surface area contributed by atoms with E-state index in [2.05, 4.69) is 0 Å². The fraction of sp³-hybridized carbons (Fsp3) is 0.357. The number of aliphatic carboxylic acids is 1. The van der Waals surface area contributed by atoms with Crippen LogP contribution in [0.15, 0.2) is 12.1 Å². The van der Waals surface area contributed by atoms with E-state index in [1.807, 2.05) is 0 Å². The molecule has 0 aliphatic carbocycles. The van der Waals surface area contributed by atoms with Crippen LogP contribution in [0.2, 0.25) is 0 Å². The van der Waals surface area contributed by atoms with E-state index in [1.165, 1.54) is 11.0 Å². The maximum atomic E-state index is 11.9. The van der Waals surface area contributed by atoms with Crippen LogP contribution in [0.25, 0.3) is 0 Å². The zero-order valence-electron chi connectivity index (χ0n) is 11.2. The van der Waals surface area contributed by atoms with E-state index in [9.17, 15) is 14.4 Å². The molecular formula is C14H15NO5. The summed E-state index contributed by atoms with van der Waals surface area (Å²) in [5, 5.41) is 18.0. The third-order valence-electron chi connectivity index (χ3n) is 3.75. The molecule has 0 radical (unpaired) electrons. The van der Waals surface area contributed by atoms with E-state index in [-0.39, 0.29) is 24.4 Å². The van der Waals surface area contributed by atoms with Crippen LogP contribution in [0, 0.1) is 19.8 Å². The molecule has 0 spiro atoms. The molecule has 0 aromatic heterocycles. The number of aromatic carboxylic acids is 1. The van der Waals surface area contributed by atoms with Gasteiger partial charge in [0.2, 0.25) is 5.91 Å². The SMILES string of the molecule is Cc1c(C(=O)O)ccc(N2CC(C(=O)O)CC2=O)c1C. The summed E-state index contributed by atoms with van der Waals surface area (Å²) in [6, 6.07) is 3.01. The summed E-state index contributed by atoms with van der Waals surface area (Å²) in [4.78, 5) is 35.4. The van der Waals surface area contributed by atoms with Gasteiger partial charge in [0.15, 0.2) is 0 Å². The monoisotopic (exact) mass is 277 g/mol. The highest BCUT2D eigenvalue weighted by molar-refractivity contribution is 6.00. The number of nitrogens with zero attached hydrogens (tertiary/aromatic N) is 1. The Hall–Kier alpha value is -2.37. The lowest BCUT2D eigenvalue weighted by atomic mass is 10.0. The van der Waals surface area contributed by atoms with Crippen LogP contribution in [0.5, 0.6) is 0 Å².